The lowest BCUT2D eigenvalue weighted by Crippen LogP contribution is -2.47. The van der Waals surface area contributed by atoms with Gasteiger partial charge in [0.1, 0.15) is 12.1 Å². The van der Waals surface area contributed by atoms with Crippen molar-refractivity contribution in [2.45, 2.75) is 38.8 Å². The summed E-state index contributed by atoms with van der Waals surface area (Å²) in [7, 11) is 0. The average molecular weight is 374 g/mol. The smallest absolute Gasteiger partial charge is 0.321 e. The number of carboxylic acids is 2. The SMILES string of the molecule is CC(C)C[C@H](N[C@@H](CC=Cc1cc(Cl)cc(Cl)c1)C(=O)O)C(=O)O. The highest BCUT2D eigenvalue weighted by Gasteiger charge is 2.25. The van der Waals surface area contributed by atoms with Gasteiger partial charge in [-0.25, -0.2) is 0 Å². The summed E-state index contributed by atoms with van der Waals surface area (Å²) in [5, 5.41) is 22.2. The van der Waals surface area contributed by atoms with E-state index >= 15 is 0 Å². The molecule has 5 nitrogen and oxygen atoms in total. The van der Waals surface area contributed by atoms with E-state index in [1.807, 2.05) is 13.8 Å². The topological polar surface area (TPSA) is 86.6 Å². The lowest BCUT2D eigenvalue weighted by Gasteiger charge is -2.20. The third-order valence-corrected chi connectivity index (χ3v) is 3.71. The predicted octanol–water partition coefficient (Wildman–Crippen LogP) is 3.94. The molecule has 24 heavy (non-hydrogen) atoms. The van der Waals surface area contributed by atoms with E-state index in [0.29, 0.717) is 16.5 Å². The molecule has 0 aromatic heterocycles. The monoisotopic (exact) mass is 373 g/mol. The van der Waals surface area contributed by atoms with Gasteiger partial charge in [0.15, 0.2) is 0 Å². The zero-order chi connectivity index (χ0) is 18.3. The molecule has 0 aliphatic carbocycles. The molecular weight excluding hydrogens is 353 g/mol. The molecule has 0 radical (unpaired) electrons. The van der Waals surface area contributed by atoms with Crippen LogP contribution in [-0.2, 0) is 9.59 Å². The standard InChI is InChI=1S/C17H21Cl2NO4/c1-10(2)6-15(17(23)24)20-14(16(21)22)5-3-4-11-7-12(18)9-13(19)8-11/h3-4,7-10,14-15,20H,5-6H2,1-2H3,(H,21,22)(H,23,24)/t14-,15-/m0/s1. The van der Waals surface area contributed by atoms with Crippen LogP contribution in [0.4, 0.5) is 0 Å². The van der Waals surface area contributed by atoms with Crippen LogP contribution in [0.2, 0.25) is 10.0 Å². The molecule has 0 spiro atoms. The first-order chi connectivity index (χ1) is 11.2. The lowest BCUT2D eigenvalue weighted by molar-refractivity contribution is -0.142. The molecule has 132 valence electrons. The molecule has 0 aliphatic rings. The third kappa shape index (κ3) is 7.34. The van der Waals surface area contributed by atoms with Crippen LogP contribution in [0.3, 0.4) is 0 Å². The molecule has 0 aliphatic heterocycles. The maximum Gasteiger partial charge on any atom is 0.321 e. The van der Waals surface area contributed by atoms with Crippen LogP contribution in [-0.4, -0.2) is 34.2 Å². The molecule has 0 fully saturated rings. The first kappa shape index (κ1) is 20.5. The minimum Gasteiger partial charge on any atom is -0.480 e. The summed E-state index contributed by atoms with van der Waals surface area (Å²) in [6.45, 7) is 3.77. The summed E-state index contributed by atoms with van der Waals surface area (Å²) in [5.74, 6) is -2.02. The highest BCUT2D eigenvalue weighted by Crippen LogP contribution is 2.20. The first-order valence-electron chi connectivity index (χ1n) is 7.53. The van der Waals surface area contributed by atoms with Gasteiger partial charge in [-0.05, 0) is 42.5 Å². The number of aliphatic carboxylic acids is 2. The molecule has 0 amide bonds. The second-order valence-corrected chi connectivity index (χ2v) is 6.79. The molecule has 2 atom stereocenters. The third-order valence-electron chi connectivity index (χ3n) is 3.27. The molecule has 1 aromatic carbocycles. The largest absolute Gasteiger partial charge is 0.480 e. The number of halogens is 2. The Morgan fingerprint density at radius 1 is 1.08 bits per heavy atom. The number of nitrogens with one attached hydrogen (secondary N) is 1. The average Bonchev–Trinajstić information content (AvgIpc) is 2.43. The minimum absolute atomic E-state index is 0.136. The van der Waals surface area contributed by atoms with Crippen LogP contribution in [0.1, 0.15) is 32.3 Å². The fraction of sp³-hybridized carbons (Fsp3) is 0.412. The molecule has 0 unspecified atom stereocenters. The second-order valence-electron chi connectivity index (χ2n) is 5.92. The van der Waals surface area contributed by atoms with Crippen molar-refractivity contribution >= 4 is 41.2 Å². The minimum atomic E-state index is -1.10. The summed E-state index contributed by atoms with van der Waals surface area (Å²) in [5.41, 5.74) is 0.744. The molecule has 3 N–H and O–H groups in total. The van der Waals surface area contributed by atoms with Crippen molar-refractivity contribution in [2.24, 2.45) is 5.92 Å². The van der Waals surface area contributed by atoms with Crippen LogP contribution in [0.15, 0.2) is 24.3 Å². The zero-order valence-electron chi connectivity index (χ0n) is 13.5. The molecule has 0 bridgehead atoms. The van der Waals surface area contributed by atoms with E-state index in [1.54, 1.807) is 30.4 Å². The Bertz CT molecular complexity index is 596. The van der Waals surface area contributed by atoms with Gasteiger partial charge in [-0.1, -0.05) is 49.2 Å². The van der Waals surface area contributed by atoms with Crippen LogP contribution in [0, 0.1) is 5.92 Å². The van der Waals surface area contributed by atoms with Crippen molar-refractivity contribution in [3.63, 3.8) is 0 Å². The van der Waals surface area contributed by atoms with E-state index in [4.69, 9.17) is 23.2 Å². The maximum atomic E-state index is 11.4. The maximum absolute atomic E-state index is 11.4. The fourth-order valence-corrected chi connectivity index (χ4v) is 2.75. The molecular formula is C17H21Cl2NO4. The Balaban J connectivity index is 2.76. The van der Waals surface area contributed by atoms with Gasteiger partial charge < -0.3 is 10.2 Å². The summed E-state index contributed by atoms with van der Waals surface area (Å²) in [6, 6.07) is 3.11. The van der Waals surface area contributed by atoms with Gasteiger partial charge in [-0.3, -0.25) is 14.9 Å². The van der Waals surface area contributed by atoms with Gasteiger partial charge in [-0.2, -0.15) is 0 Å². The quantitative estimate of drug-likeness (QED) is 0.610. The van der Waals surface area contributed by atoms with E-state index in [-0.39, 0.29) is 12.3 Å². The van der Waals surface area contributed by atoms with Crippen LogP contribution in [0.25, 0.3) is 6.08 Å². The van der Waals surface area contributed by atoms with E-state index < -0.39 is 24.0 Å². The van der Waals surface area contributed by atoms with Crippen molar-refractivity contribution < 1.29 is 19.8 Å². The van der Waals surface area contributed by atoms with Gasteiger partial charge in [0, 0.05) is 10.0 Å². The Kier molecular flexibility index (Phi) is 8.25. The Morgan fingerprint density at radius 3 is 2.08 bits per heavy atom. The summed E-state index contributed by atoms with van der Waals surface area (Å²) in [4.78, 5) is 22.6. The molecule has 1 rings (SSSR count). The summed E-state index contributed by atoms with van der Waals surface area (Å²) >= 11 is 11.8. The number of hydrogen-bond acceptors (Lipinski definition) is 3. The van der Waals surface area contributed by atoms with Crippen molar-refractivity contribution in [3.05, 3.63) is 39.9 Å². The van der Waals surface area contributed by atoms with Crippen molar-refractivity contribution in [2.75, 3.05) is 0 Å². The molecule has 7 heteroatoms. The van der Waals surface area contributed by atoms with Crippen molar-refractivity contribution in [3.8, 4) is 0 Å². The second kappa shape index (κ2) is 9.67. The Hall–Kier alpha value is -1.56. The van der Waals surface area contributed by atoms with Crippen LogP contribution in [0.5, 0.6) is 0 Å². The first-order valence-corrected chi connectivity index (χ1v) is 8.29. The number of benzene rings is 1. The van der Waals surface area contributed by atoms with Gasteiger partial charge in [0.2, 0.25) is 0 Å². The number of carbonyl (C=O) groups is 2. The number of carboxylic acid groups (broad SMARTS) is 2. The highest BCUT2D eigenvalue weighted by molar-refractivity contribution is 6.34. The molecule has 0 saturated carbocycles. The molecule has 0 heterocycles. The zero-order valence-corrected chi connectivity index (χ0v) is 15.0. The Labute approximate surface area is 151 Å². The summed E-state index contributed by atoms with van der Waals surface area (Å²) < 4.78 is 0. The predicted molar refractivity (Wildman–Crippen MR) is 95.6 cm³/mol. The van der Waals surface area contributed by atoms with Gasteiger partial charge in [-0.15, -0.1) is 0 Å². The van der Waals surface area contributed by atoms with Crippen molar-refractivity contribution in [1.82, 2.24) is 5.32 Å². The van der Waals surface area contributed by atoms with E-state index in [9.17, 15) is 19.8 Å². The number of hydrogen-bond donors (Lipinski definition) is 3. The normalized spacial score (nSPS) is 14.0. The fourth-order valence-electron chi connectivity index (χ4n) is 2.21. The molecule has 0 saturated heterocycles. The molecule has 1 aromatic rings. The van der Waals surface area contributed by atoms with E-state index in [2.05, 4.69) is 5.32 Å². The van der Waals surface area contributed by atoms with Crippen LogP contribution >= 0.6 is 23.2 Å². The highest BCUT2D eigenvalue weighted by atomic mass is 35.5. The lowest BCUT2D eigenvalue weighted by atomic mass is 10.0. The van der Waals surface area contributed by atoms with E-state index in [0.717, 1.165) is 5.56 Å². The van der Waals surface area contributed by atoms with Crippen LogP contribution < -0.4 is 5.32 Å². The Morgan fingerprint density at radius 2 is 1.62 bits per heavy atom. The van der Waals surface area contributed by atoms with Crippen molar-refractivity contribution in [1.29, 1.82) is 0 Å². The van der Waals surface area contributed by atoms with Gasteiger partial charge >= 0.3 is 11.9 Å². The van der Waals surface area contributed by atoms with E-state index in [1.165, 1.54) is 0 Å². The van der Waals surface area contributed by atoms with Gasteiger partial charge in [0.25, 0.3) is 0 Å². The number of rotatable bonds is 9. The summed E-state index contributed by atoms with van der Waals surface area (Å²) in [6.07, 6.45) is 3.85. The van der Waals surface area contributed by atoms with Gasteiger partial charge in [0.05, 0.1) is 0 Å².